The molecule has 0 unspecified atom stereocenters. The van der Waals surface area contributed by atoms with E-state index in [-0.39, 0.29) is 0 Å². The van der Waals surface area contributed by atoms with E-state index in [0.29, 0.717) is 0 Å². The van der Waals surface area contributed by atoms with Gasteiger partial charge in [0, 0.05) is 7.21 Å². The van der Waals surface area contributed by atoms with E-state index < -0.39 is 7.21 Å². The molecule has 0 aliphatic heterocycles. The van der Waals surface area contributed by atoms with Gasteiger partial charge in [0.1, 0.15) is 0 Å². The zero-order valence-electron chi connectivity index (χ0n) is 9.64. The monoisotopic (exact) mass is 204 g/mol. The summed E-state index contributed by atoms with van der Waals surface area (Å²) in [6.07, 6.45) is 7.13. The van der Waals surface area contributed by atoms with Crippen molar-refractivity contribution in [3.63, 3.8) is 0 Å². The Bertz CT molecular complexity index is 154. The van der Waals surface area contributed by atoms with Crippen LogP contribution in [-0.2, 0) is 0 Å². The van der Waals surface area contributed by atoms with Crippen molar-refractivity contribution in [3.8, 4) is 0 Å². The van der Waals surface area contributed by atoms with Gasteiger partial charge in [-0.05, 0) is 39.3 Å². The predicted octanol–water partition coefficient (Wildman–Crippen LogP) is 3.84. The molecule has 0 rings (SSSR count). The van der Waals surface area contributed by atoms with Crippen molar-refractivity contribution in [2.24, 2.45) is 0 Å². The Hall–Kier alpha value is 0.190. The molecule has 0 spiro atoms. The summed E-state index contributed by atoms with van der Waals surface area (Å²) in [5.74, 6) is 0. The molecule has 0 aliphatic carbocycles. The lowest BCUT2D eigenvalue weighted by atomic mass is 10.4. The molecule has 13 heavy (non-hydrogen) atoms. The van der Waals surface area contributed by atoms with Gasteiger partial charge in [0.05, 0.1) is 0 Å². The molecule has 0 aromatic heterocycles. The maximum absolute atomic E-state index is 8.42. The molecule has 1 N–H and O–H groups in total. The quantitative estimate of drug-likeness (QED) is 0.627. The van der Waals surface area contributed by atoms with E-state index in [2.05, 4.69) is 32.6 Å². The van der Waals surface area contributed by atoms with Crippen LogP contribution in [-0.4, -0.2) is 31.1 Å². The lowest BCUT2D eigenvalue weighted by molar-refractivity contribution is 0.648. The van der Waals surface area contributed by atoms with E-state index >= 15 is 0 Å². The van der Waals surface area contributed by atoms with Crippen LogP contribution in [0.1, 0.15) is 39.5 Å². The molecule has 0 radical (unpaired) electrons. The maximum atomic E-state index is 8.42. The summed E-state index contributed by atoms with van der Waals surface area (Å²) in [6, 6.07) is 0. The highest BCUT2D eigenvalue weighted by atomic mass is 31.2. The van der Waals surface area contributed by atoms with Gasteiger partial charge >= 0.3 is 0 Å². The molecular weight excluding hydrogens is 179 g/mol. The summed E-state index contributed by atoms with van der Waals surface area (Å²) < 4.78 is 2.18. The van der Waals surface area contributed by atoms with Crippen LogP contribution in [0.5, 0.6) is 0 Å². The number of rotatable bonds is 7. The van der Waals surface area contributed by atoms with Gasteiger partial charge in [0.2, 0.25) is 0 Å². The van der Waals surface area contributed by atoms with Crippen LogP contribution in [0, 0.1) is 5.16 Å². The van der Waals surface area contributed by atoms with Gasteiger partial charge in [-0.15, -0.1) is 0 Å². The van der Waals surface area contributed by atoms with Crippen molar-refractivity contribution >= 4 is 7.21 Å². The molecule has 0 aromatic rings. The van der Waals surface area contributed by atoms with Crippen LogP contribution < -0.4 is 0 Å². The third-order valence-electron chi connectivity index (χ3n) is 2.53. The highest BCUT2D eigenvalue weighted by Gasteiger charge is 2.17. The Labute approximate surface area is 83.6 Å². The molecule has 3 heteroatoms. The van der Waals surface area contributed by atoms with Gasteiger partial charge in [-0.25, -0.2) is 0 Å². The molecule has 80 valence electrons. The van der Waals surface area contributed by atoms with Crippen molar-refractivity contribution in [1.82, 2.24) is 4.67 Å². The standard InChI is InChI=1S/C10H25N2P/c1-5-7-9-13(11,12(3)4)10-8-6-2/h11H,5-10H2,1-4H3. The molecule has 0 heterocycles. The minimum atomic E-state index is -1.49. The summed E-state index contributed by atoms with van der Waals surface area (Å²) in [4.78, 5) is 0. The summed E-state index contributed by atoms with van der Waals surface area (Å²) in [6.45, 7) is 4.42. The number of hydrogen-bond donors (Lipinski definition) is 1. The zero-order valence-corrected chi connectivity index (χ0v) is 10.5. The number of nitrogens with zero attached hydrogens (tertiary/aromatic N) is 1. The van der Waals surface area contributed by atoms with Crippen molar-refractivity contribution in [2.75, 3.05) is 26.4 Å². The van der Waals surface area contributed by atoms with Crippen LogP contribution in [0.15, 0.2) is 0 Å². The second-order valence-electron chi connectivity index (χ2n) is 3.92. The molecule has 2 nitrogen and oxygen atoms in total. The van der Waals surface area contributed by atoms with Crippen molar-refractivity contribution in [1.29, 1.82) is 5.16 Å². The van der Waals surface area contributed by atoms with Crippen LogP contribution in [0.2, 0.25) is 0 Å². The summed E-state index contributed by atoms with van der Waals surface area (Å²) in [7, 11) is 2.66. The minimum Gasteiger partial charge on any atom is -0.303 e. The highest BCUT2D eigenvalue weighted by molar-refractivity contribution is 7.62. The first-order valence-electron chi connectivity index (χ1n) is 5.36. The molecular formula is C10H25N2P. The molecule has 0 aromatic carbocycles. The van der Waals surface area contributed by atoms with Gasteiger partial charge in [-0.1, -0.05) is 26.7 Å². The lowest BCUT2D eigenvalue weighted by Gasteiger charge is -2.29. The Morgan fingerprint density at radius 2 is 1.38 bits per heavy atom. The number of unbranched alkanes of at least 4 members (excludes halogenated alkanes) is 2. The maximum Gasteiger partial charge on any atom is 0.0283 e. The van der Waals surface area contributed by atoms with Crippen molar-refractivity contribution < 1.29 is 0 Å². The Morgan fingerprint density at radius 3 is 1.62 bits per heavy atom. The Balaban J connectivity index is 4.09. The van der Waals surface area contributed by atoms with Crippen LogP contribution >= 0.6 is 7.21 Å². The van der Waals surface area contributed by atoms with E-state index in [4.69, 9.17) is 5.16 Å². The molecule has 0 bridgehead atoms. The molecule has 0 saturated heterocycles. The lowest BCUT2D eigenvalue weighted by Crippen LogP contribution is -2.13. The number of hydrogen-bond acceptors (Lipinski definition) is 1. The van der Waals surface area contributed by atoms with E-state index in [9.17, 15) is 0 Å². The third-order valence-corrected chi connectivity index (χ3v) is 6.17. The average Bonchev–Trinajstić information content (AvgIpc) is 2.11. The van der Waals surface area contributed by atoms with Gasteiger partial charge in [0.15, 0.2) is 0 Å². The molecule has 0 amide bonds. The second kappa shape index (κ2) is 6.62. The fourth-order valence-electron chi connectivity index (χ4n) is 1.35. The van der Waals surface area contributed by atoms with Crippen molar-refractivity contribution in [3.05, 3.63) is 0 Å². The normalized spacial score (nSPS) is 12.4. The molecule has 0 saturated carbocycles. The van der Waals surface area contributed by atoms with E-state index in [1.807, 2.05) is 0 Å². The highest BCUT2D eigenvalue weighted by Crippen LogP contribution is 2.49. The fourth-order valence-corrected chi connectivity index (χ4v) is 4.05. The van der Waals surface area contributed by atoms with Gasteiger partial charge in [-0.3, -0.25) is 4.67 Å². The Morgan fingerprint density at radius 1 is 1.00 bits per heavy atom. The average molecular weight is 204 g/mol. The van der Waals surface area contributed by atoms with Crippen LogP contribution in [0.4, 0.5) is 0 Å². The first-order chi connectivity index (χ1) is 6.06. The SMILES string of the molecule is CCCCP(=N)(CCCC)N(C)C. The summed E-state index contributed by atoms with van der Waals surface area (Å²) in [5, 5.41) is 8.42. The van der Waals surface area contributed by atoms with Crippen LogP contribution in [0.3, 0.4) is 0 Å². The van der Waals surface area contributed by atoms with Crippen LogP contribution in [0.25, 0.3) is 0 Å². The molecule has 0 atom stereocenters. The largest absolute Gasteiger partial charge is 0.303 e. The first kappa shape index (κ1) is 13.2. The smallest absolute Gasteiger partial charge is 0.0283 e. The van der Waals surface area contributed by atoms with Gasteiger partial charge in [0.25, 0.3) is 0 Å². The van der Waals surface area contributed by atoms with Crippen molar-refractivity contribution in [2.45, 2.75) is 39.5 Å². The summed E-state index contributed by atoms with van der Waals surface area (Å²) in [5.41, 5.74) is 0. The van der Waals surface area contributed by atoms with Gasteiger partial charge in [-0.2, -0.15) is 0 Å². The van der Waals surface area contributed by atoms with E-state index in [0.717, 1.165) is 12.3 Å². The minimum absolute atomic E-state index is 1.12. The fraction of sp³-hybridized carbons (Fsp3) is 1.00. The topological polar surface area (TPSA) is 27.1 Å². The van der Waals surface area contributed by atoms with Gasteiger partial charge < -0.3 is 5.16 Å². The number of nitrogens with one attached hydrogen (secondary N) is 1. The third kappa shape index (κ3) is 4.83. The zero-order chi connectivity index (χ0) is 10.3. The first-order valence-corrected chi connectivity index (χ1v) is 7.48. The van der Waals surface area contributed by atoms with E-state index in [1.165, 1.54) is 25.7 Å². The second-order valence-corrected chi connectivity index (χ2v) is 7.46. The Kier molecular flexibility index (Phi) is 6.71. The summed E-state index contributed by atoms with van der Waals surface area (Å²) >= 11 is 0. The van der Waals surface area contributed by atoms with E-state index in [1.54, 1.807) is 0 Å². The molecule has 0 fully saturated rings. The predicted molar refractivity (Wildman–Crippen MR) is 62.9 cm³/mol. The molecule has 0 aliphatic rings.